The summed E-state index contributed by atoms with van der Waals surface area (Å²) in [5.74, 6) is -0.338. The number of aromatic nitrogens is 2. The number of nitrogens with one attached hydrogen (secondary N) is 1. The van der Waals surface area contributed by atoms with Crippen LogP contribution in [-0.4, -0.2) is 57.0 Å². The lowest BCUT2D eigenvalue weighted by Crippen LogP contribution is -2.39. The fourth-order valence-electron chi connectivity index (χ4n) is 2.77. The molecule has 0 aromatic carbocycles. The molecule has 0 radical (unpaired) electrons. The van der Waals surface area contributed by atoms with Crippen LogP contribution in [0, 0.1) is 13.8 Å². The number of likely N-dealkylation sites (tertiary alicyclic amines) is 1. The van der Waals surface area contributed by atoms with Gasteiger partial charge in [0.05, 0.1) is 35.1 Å². The van der Waals surface area contributed by atoms with Crippen LogP contribution in [0.5, 0.6) is 0 Å². The van der Waals surface area contributed by atoms with Crippen LogP contribution in [0.4, 0.5) is 0 Å². The Kier molecular flexibility index (Phi) is 4.93. The lowest BCUT2D eigenvalue weighted by molar-refractivity contribution is 0.0679. The molecule has 0 unspecified atom stereocenters. The van der Waals surface area contributed by atoms with Crippen molar-refractivity contribution >= 4 is 34.5 Å². The highest BCUT2D eigenvalue weighted by molar-refractivity contribution is 7.13. The van der Waals surface area contributed by atoms with Crippen LogP contribution in [0.15, 0.2) is 12.4 Å². The molecule has 2 N–H and O–H groups in total. The van der Waals surface area contributed by atoms with Crippen LogP contribution in [0.1, 0.15) is 35.8 Å². The van der Waals surface area contributed by atoms with E-state index in [1.54, 1.807) is 17.3 Å². The Bertz CT molecular complexity index is 757. The minimum absolute atomic E-state index is 0.129. The Morgan fingerprint density at radius 2 is 1.88 bits per heavy atom. The standard InChI is InChI=1S/C15H18N4O3S2/c1-8-16-4-12(23-8)14(21)18-10-3-11(7-20)19(6-10)15(22)13-5-17-9(2)24-13/h4-5,10-11,20H,3,6-7H2,1-2H3,(H,18,21)/t10-,11-/m0/s1. The molecule has 1 saturated heterocycles. The van der Waals surface area contributed by atoms with Gasteiger partial charge in [0.2, 0.25) is 0 Å². The third-order valence-electron chi connectivity index (χ3n) is 3.90. The molecule has 2 atom stereocenters. The zero-order valence-corrected chi connectivity index (χ0v) is 15.0. The van der Waals surface area contributed by atoms with E-state index in [2.05, 4.69) is 15.3 Å². The van der Waals surface area contributed by atoms with Crippen molar-refractivity contribution in [2.24, 2.45) is 0 Å². The topological polar surface area (TPSA) is 95.4 Å². The summed E-state index contributed by atoms with van der Waals surface area (Å²) in [6, 6.07) is -0.483. The fourth-order valence-corrected chi connectivity index (χ4v) is 4.18. The van der Waals surface area contributed by atoms with Gasteiger partial charge in [-0.2, -0.15) is 0 Å². The van der Waals surface area contributed by atoms with Crippen molar-refractivity contribution in [3.05, 3.63) is 32.2 Å². The van der Waals surface area contributed by atoms with Gasteiger partial charge in [-0.15, -0.1) is 22.7 Å². The van der Waals surface area contributed by atoms with Crippen LogP contribution in [-0.2, 0) is 0 Å². The number of hydrogen-bond acceptors (Lipinski definition) is 7. The van der Waals surface area contributed by atoms with Crippen LogP contribution >= 0.6 is 22.7 Å². The first-order valence-corrected chi connectivity index (χ1v) is 9.18. The van der Waals surface area contributed by atoms with Gasteiger partial charge < -0.3 is 15.3 Å². The fraction of sp³-hybridized carbons (Fsp3) is 0.467. The quantitative estimate of drug-likeness (QED) is 0.848. The molecule has 1 aliphatic rings. The Balaban J connectivity index is 1.67. The molecule has 2 aromatic rings. The first kappa shape index (κ1) is 17.0. The van der Waals surface area contributed by atoms with E-state index in [9.17, 15) is 14.7 Å². The van der Waals surface area contributed by atoms with Crippen molar-refractivity contribution in [3.63, 3.8) is 0 Å². The second-order valence-corrected chi connectivity index (χ2v) is 8.16. The average Bonchev–Trinajstić information content (AvgIpc) is 3.26. The summed E-state index contributed by atoms with van der Waals surface area (Å²) in [5.41, 5.74) is 0. The number of carbonyl (C=O) groups is 2. The normalized spacial score (nSPS) is 20.4. The van der Waals surface area contributed by atoms with E-state index in [4.69, 9.17) is 0 Å². The number of aliphatic hydroxyl groups excluding tert-OH is 1. The summed E-state index contributed by atoms with van der Waals surface area (Å²) < 4.78 is 0. The molecule has 1 fully saturated rings. The van der Waals surface area contributed by atoms with E-state index in [1.165, 1.54) is 22.7 Å². The highest BCUT2D eigenvalue weighted by Gasteiger charge is 2.36. The number of thiazole rings is 2. The molecular formula is C15H18N4O3S2. The molecule has 2 aromatic heterocycles. The predicted molar refractivity (Wildman–Crippen MR) is 91.5 cm³/mol. The van der Waals surface area contributed by atoms with E-state index >= 15 is 0 Å². The van der Waals surface area contributed by atoms with Gasteiger partial charge in [-0.3, -0.25) is 9.59 Å². The maximum atomic E-state index is 12.6. The lowest BCUT2D eigenvalue weighted by atomic mass is 10.2. The van der Waals surface area contributed by atoms with Crippen molar-refractivity contribution in [2.45, 2.75) is 32.4 Å². The van der Waals surface area contributed by atoms with Gasteiger partial charge in [-0.05, 0) is 20.3 Å². The number of aryl methyl sites for hydroxylation is 2. The van der Waals surface area contributed by atoms with Crippen molar-refractivity contribution in [1.82, 2.24) is 20.2 Å². The summed E-state index contributed by atoms with van der Waals surface area (Å²) >= 11 is 2.66. The van der Waals surface area contributed by atoms with Crippen LogP contribution < -0.4 is 5.32 Å². The predicted octanol–water partition coefficient (Wildman–Crippen LogP) is 1.22. The van der Waals surface area contributed by atoms with Gasteiger partial charge in [-0.25, -0.2) is 9.97 Å². The Labute approximate surface area is 147 Å². The van der Waals surface area contributed by atoms with Gasteiger partial charge in [0.25, 0.3) is 11.8 Å². The number of amides is 2. The first-order valence-electron chi connectivity index (χ1n) is 7.55. The average molecular weight is 366 g/mol. The Hall–Kier alpha value is -1.84. The van der Waals surface area contributed by atoms with Crippen molar-refractivity contribution in [3.8, 4) is 0 Å². The molecule has 128 valence electrons. The third kappa shape index (κ3) is 3.47. The smallest absolute Gasteiger partial charge is 0.265 e. The first-order chi connectivity index (χ1) is 11.5. The summed E-state index contributed by atoms with van der Waals surface area (Å²) in [7, 11) is 0. The largest absolute Gasteiger partial charge is 0.394 e. The second-order valence-electron chi connectivity index (χ2n) is 5.69. The third-order valence-corrected chi connectivity index (χ3v) is 5.71. The van der Waals surface area contributed by atoms with Crippen LogP contribution in [0.3, 0.4) is 0 Å². The summed E-state index contributed by atoms with van der Waals surface area (Å²) in [6.45, 7) is 3.94. The van der Waals surface area contributed by atoms with Crippen molar-refractivity contribution < 1.29 is 14.7 Å². The molecule has 0 spiro atoms. The van der Waals surface area contributed by atoms with E-state index in [0.717, 1.165) is 10.0 Å². The molecule has 0 aliphatic carbocycles. The highest BCUT2D eigenvalue weighted by atomic mass is 32.1. The molecule has 7 nitrogen and oxygen atoms in total. The minimum Gasteiger partial charge on any atom is -0.394 e. The Morgan fingerprint density at radius 1 is 1.25 bits per heavy atom. The molecule has 0 saturated carbocycles. The van der Waals surface area contributed by atoms with Gasteiger partial charge in [0, 0.05) is 12.6 Å². The van der Waals surface area contributed by atoms with Gasteiger partial charge >= 0.3 is 0 Å². The van der Waals surface area contributed by atoms with E-state index in [-0.39, 0.29) is 30.5 Å². The maximum Gasteiger partial charge on any atom is 0.265 e. The van der Waals surface area contributed by atoms with Gasteiger partial charge in [0.1, 0.15) is 9.75 Å². The highest BCUT2D eigenvalue weighted by Crippen LogP contribution is 2.23. The molecule has 3 rings (SSSR count). The Morgan fingerprint density at radius 3 is 2.42 bits per heavy atom. The summed E-state index contributed by atoms with van der Waals surface area (Å²) in [5, 5.41) is 14.2. The summed E-state index contributed by atoms with van der Waals surface area (Å²) in [4.78, 5) is 35.7. The minimum atomic E-state index is -0.298. The SMILES string of the molecule is Cc1ncc(C(=O)N[C@H]2C[C@@H](CO)N(C(=O)c3cnc(C)s3)C2)s1. The number of nitrogens with zero attached hydrogens (tertiary/aromatic N) is 3. The maximum absolute atomic E-state index is 12.6. The number of hydrogen-bond donors (Lipinski definition) is 2. The van der Waals surface area contributed by atoms with Crippen LogP contribution in [0.25, 0.3) is 0 Å². The number of aliphatic hydroxyl groups is 1. The van der Waals surface area contributed by atoms with Crippen LogP contribution in [0.2, 0.25) is 0 Å². The molecule has 24 heavy (non-hydrogen) atoms. The van der Waals surface area contributed by atoms with Crippen molar-refractivity contribution in [2.75, 3.05) is 13.2 Å². The summed E-state index contributed by atoms with van der Waals surface area (Å²) in [6.07, 6.45) is 3.64. The molecule has 1 aliphatic heterocycles. The van der Waals surface area contributed by atoms with Gasteiger partial charge in [0.15, 0.2) is 0 Å². The zero-order valence-electron chi connectivity index (χ0n) is 13.4. The molecule has 2 amide bonds. The molecule has 3 heterocycles. The van der Waals surface area contributed by atoms with E-state index in [1.807, 2.05) is 13.8 Å². The molecule has 0 bridgehead atoms. The van der Waals surface area contributed by atoms with Crippen molar-refractivity contribution in [1.29, 1.82) is 0 Å². The molecule has 9 heteroatoms. The van der Waals surface area contributed by atoms with E-state index in [0.29, 0.717) is 22.7 Å². The molecular weight excluding hydrogens is 348 g/mol. The number of rotatable bonds is 4. The van der Waals surface area contributed by atoms with E-state index < -0.39 is 0 Å². The van der Waals surface area contributed by atoms with Gasteiger partial charge in [-0.1, -0.05) is 0 Å². The number of carbonyl (C=O) groups excluding carboxylic acids is 2. The monoisotopic (exact) mass is 366 g/mol. The second kappa shape index (κ2) is 6.96. The lowest BCUT2D eigenvalue weighted by Gasteiger charge is -2.21. The zero-order chi connectivity index (χ0) is 17.3.